The number of anilines is 1. The van der Waals surface area contributed by atoms with E-state index in [1.54, 1.807) is 0 Å². The van der Waals surface area contributed by atoms with Crippen molar-refractivity contribution in [2.75, 3.05) is 4.90 Å². The Kier molecular flexibility index (Phi) is 3.16. The average molecular weight is 377 g/mol. The standard InChI is InChI=1S/C16H13BrN2O4/c17-11-7-10(19(22)23)5-6-12(11)18-15(20)13-8-1-2-9(4-3-8)14(13)16(18)21/h1-2,5-9,13-14H,3-4H2/t8-,9+,13-,14+. The van der Waals surface area contributed by atoms with Crippen molar-refractivity contribution in [2.24, 2.45) is 23.7 Å². The van der Waals surface area contributed by atoms with Gasteiger partial charge in [-0.15, -0.1) is 0 Å². The van der Waals surface area contributed by atoms with Crippen LogP contribution in [0.25, 0.3) is 0 Å². The number of nitro benzene ring substituents is 1. The number of hydrogen-bond acceptors (Lipinski definition) is 4. The lowest BCUT2D eigenvalue weighted by Gasteiger charge is -2.38. The fourth-order valence-corrected chi connectivity index (χ4v) is 4.65. The van der Waals surface area contributed by atoms with Gasteiger partial charge in [0.05, 0.1) is 22.4 Å². The minimum Gasteiger partial charge on any atom is -0.274 e. The maximum atomic E-state index is 12.8. The molecule has 7 heteroatoms. The molecule has 0 spiro atoms. The molecule has 0 unspecified atom stereocenters. The zero-order valence-corrected chi connectivity index (χ0v) is 13.6. The lowest BCUT2D eigenvalue weighted by molar-refractivity contribution is -0.384. The van der Waals surface area contributed by atoms with E-state index in [1.807, 2.05) is 0 Å². The smallest absolute Gasteiger partial charge is 0.270 e. The molecular weight excluding hydrogens is 364 g/mol. The molecule has 118 valence electrons. The molecular formula is C16H13BrN2O4. The topological polar surface area (TPSA) is 80.5 Å². The quantitative estimate of drug-likeness (QED) is 0.343. The highest BCUT2D eigenvalue weighted by Crippen LogP contribution is 2.51. The maximum Gasteiger partial charge on any atom is 0.270 e. The van der Waals surface area contributed by atoms with Crippen molar-refractivity contribution >= 4 is 39.1 Å². The van der Waals surface area contributed by atoms with E-state index < -0.39 is 4.92 Å². The summed E-state index contributed by atoms with van der Waals surface area (Å²) in [5.74, 6) is -0.685. The molecule has 1 aliphatic heterocycles. The van der Waals surface area contributed by atoms with Crippen molar-refractivity contribution in [1.82, 2.24) is 0 Å². The van der Waals surface area contributed by atoms with E-state index >= 15 is 0 Å². The molecule has 0 N–H and O–H groups in total. The van der Waals surface area contributed by atoms with Gasteiger partial charge in [-0.3, -0.25) is 19.7 Å². The first kappa shape index (κ1) is 14.6. The SMILES string of the molecule is O=C1[C@@H]2[C@H](C(=O)N1c1ccc([N+](=O)[O-])cc1Br)[C@@H]1C=C[C@H]2CC1. The van der Waals surface area contributed by atoms with Gasteiger partial charge in [-0.1, -0.05) is 12.2 Å². The number of allylic oxidation sites excluding steroid dienone is 2. The molecule has 23 heavy (non-hydrogen) atoms. The molecule has 1 saturated heterocycles. The van der Waals surface area contributed by atoms with E-state index in [0.29, 0.717) is 10.2 Å². The van der Waals surface area contributed by atoms with E-state index in [9.17, 15) is 19.7 Å². The van der Waals surface area contributed by atoms with Gasteiger partial charge in [-0.05, 0) is 46.7 Å². The summed E-state index contributed by atoms with van der Waals surface area (Å²) in [5, 5.41) is 10.8. The van der Waals surface area contributed by atoms with E-state index in [4.69, 9.17) is 0 Å². The number of carbonyl (C=O) groups excluding carboxylic acids is 2. The molecule has 1 heterocycles. The van der Waals surface area contributed by atoms with E-state index in [0.717, 1.165) is 12.8 Å². The fourth-order valence-electron chi connectivity index (χ4n) is 4.10. The molecule has 2 fully saturated rings. The number of carbonyl (C=O) groups is 2. The lowest BCUT2D eigenvalue weighted by atomic mass is 9.63. The maximum absolute atomic E-state index is 12.8. The van der Waals surface area contributed by atoms with Gasteiger partial charge in [0, 0.05) is 16.6 Å². The molecule has 0 aromatic heterocycles. The second-order valence-corrected chi connectivity index (χ2v) is 7.10. The Morgan fingerprint density at radius 1 is 1.09 bits per heavy atom. The van der Waals surface area contributed by atoms with Crippen LogP contribution in [0.15, 0.2) is 34.8 Å². The summed E-state index contributed by atoms with van der Waals surface area (Å²) in [7, 11) is 0. The highest BCUT2D eigenvalue weighted by Gasteiger charge is 2.57. The van der Waals surface area contributed by atoms with Gasteiger partial charge in [-0.25, -0.2) is 4.90 Å². The average Bonchev–Trinajstić information content (AvgIpc) is 2.82. The Morgan fingerprint density at radius 3 is 2.09 bits per heavy atom. The molecule has 5 rings (SSSR count). The predicted octanol–water partition coefficient (Wildman–Crippen LogP) is 3.06. The van der Waals surface area contributed by atoms with Crippen LogP contribution in [-0.4, -0.2) is 16.7 Å². The van der Waals surface area contributed by atoms with Crippen molar-refractivity contribution < 1.29 is 14.5 Å². The number of benzene rings is 1. The van der Waals surface area contributed by atoms with Gasteiger partial charge in [0.1, 0.15) is 0 Å². The van der Waals surface area contributed by atoms with Crippen LogP contribution in [0.3, 0.4) is 0 Å². The van der Waals surface area contributed by atoms with Crippen LogP contribution in [0, 0.1) is 33.8 Å². The van der Waals surface area contributed by atoms with Gasteiger partial charge < -0.3 is 0 Å². The minimum atomic E-state index is -0.508. The van der Waals surface area contributed by atoms with Gasteiger partial charge in [-0.2, -0.15) is 0 Å². The highest BCUT2D eigenvalue weighted by molar-refractivity contribution is 9.10. The molecule has 2 amide bonds. The van der Waals surface area contributed by atoms with Crippen LogP contribution in [-0.2, 0) is 9.59 Å². The second kappa shape index (κ2) is 4.99. The molecule has 0 radical (unpaired) electrons. The number of rotatable bonds is 2. The Bertz CT molecular complexity index is 743. The third kappa shape index (κ3) is 1.99. The first-order valence-electron chi connectivity index (χ1n) is 7.49. The molecule has 2 bridgehead atoms. The number of nitrogens with zero attached hydrogens (tertiary/aromatic N) is 2. The van der Waals surface area contributed by atoms with E-state index in [2.05, 4.69) is 28.1 Å². The summed E-state index contributed by atoms with van der Waals surface area (Å²) in [6, 6.07) is 4.10. The third-order valence-corrected chi connectivity index (χ3v) is 5.78. The summed E-state index contributed by atoms with van der Waals surface area (Å²) in [6.45, 7) is 0. The zero-order chi connectivity index (χ0) is 16.3. The summed E-state index contributed by atoms with van der Waals surface area (Å²) < 4.78 is 0.382. The molecule has 1 saturated carbocycles. The Balaban J connectivity index is 1.75. The number of fused-ring (bicyclic) bond motifs is 1. The Hall–Kier alpha value is -2.02. The number of nitro groups is 1. The first-order valence-corrected chi connectivity index (χ1v) is 8.28. The van der Waals surface area contributed by atoms with Crippen LogP contribution in [0.5, 0.6) is 0 Å². The number of non-ortho nitro benzene ring substituents is 1. The summed E-state index contributed by atoms with van der Waals surface area (Å²) in [6.07, 6.45) is 6.01. The van der Waals surface area contributed by atoms with Crippen molar-refractivity contribution in [1.29, 1.82) is 0 Å². The molecule has 3 aliphatic carbocycles. The minimum absolute atomic E-state index is 0.0844. The zero-order valence-electron chi connectivity index (χ0n) is 12.0. The molecule has 4 atom stereocenters. The molecule has 1 aromatic carbocycles. The van der Waals surface area contributed by atoms with Gasteiger partial charge >= 0.3 is 0 Å². The van der Waals surface area contributed by atoms with E-state index in [-0.39, 0.29) is 41.2 Å². The predicted molar refractivity (Wildman–Crippen MR) is 85.6 cm³/mol. The highest BCUT2D eigenvalue weighted by atomic mass is 79.9. The van der Waals surface area contributed by atoms with Crippen molar-refractivity contribution in [2.45, 2.75) is 12.8 Å². The largest absolute Gasteiger partial charge is 0.274 e. The van der Waals surface area contributed by atoms with Crippen LogP contribution in [0.2, 0.25) is 0 Å². The van der Waals surface area contributed by atoms with Crippen molar-refractivity contribution in [3.05, 3.63) is 44.9 Å². The molecule has 6 nitrogen and oxygen atoms in total. The normalized spacial score (nSPS) is 31.6. The Morgan fingerprint density at radius 2 is 1.65 bits per heavy atom. The summed E-state index contributed by atoms with van der Waals surface area (Å²) in [5.41, 5.74) is 0.304. The van der Waals surface area contributed by atoms with Crippen LogP contribution < -0.4 is 4.90 Å². The molecule has 1 aromatic rings. The van der Waals surface area contributed by atoms with Crippen LogP contribution >= 0.6 is 15.9 Å². The van der Waals surface area contributed by atoms with E-state index in [1.165, 1.54) is 23.1 Å². The van der Waals surface area contributed by atoms with Crippen molar-refractivity contribution in [3.63, 3.8) is 0 Å². The van der Waals surface area contributed by atoms with Crippen LogP contribution in [0.1, 0.15) is 12.8 Å². The van der Waals surface area contributed by atoms with Gasteiger partial charge in [0.25, 0.3) is 5.69 Å². The van der Waals surface area contributed by atoms with Gasteiger partial charge in [0.15, 0.2) is 0 Å². The second-order valence-electron chi connectivity index (χ2n) is 6.25. The number of halogens is 1. The fraction of sp³-hybridized carbons (Fsp3) is 0.375. The summed E-state index contributed by atoms with van der Waals surface area (Å²) >= 11 is 3.26. The van der Waals surface area contributed by atoms with Crippen LogP contribution in [0.4, 0.5) is 11.4 Å². The Labute approximate surface area is 140 Å². The number of hydrogen-bond donors (Lipinski definition) is 0. The monoisotopic (exact) mass is 376 g/mol. The molecule has 4 aliphatic rings. The summed E-state index contributed by atoms with van der Waals surface area (Å²) in [4.78, 5) is 37.2. The number of imide groups is 1. The van der Waals surface area contributed by atoms with Crippen molar-refractivity contribution in [3.8, 4) is 0 Å². The number of amides is 2. The van der Waals surface area contributed by atoms with Gasteiger partial charge in [0.2, 0.25) is 11.8 Å². The lowest BCUT2D eigenvalue weighted by Crippen LogP contribution is -2.38. The first-order chi connectivity index (χ1) is 11.0. The third-order valence-electron chi connectivity index (χ3n) is 5.14.